The van der Waals surface area contributed by atoms with Crippen molar-refractivity contribution in [3.8, 4) is 0 Å². The van der Waals surface area contributed by atoms with Crippen LogP contribution in [0.3, 0.4) is 0 Å². The van der Waals surface area contributed by atoms with E-state index in [1.807, 2.05) is 6.07 Å². The van der Waals surface area contributed by atoms with E-state index in [0.29, 0.717) is 11.1 Å². The quantitative estimate of drug-likeness (QED) is 0.605. The van der Waals surface area contributed by atoms with Crippen molar-refractivity contribution in [2.24, 2.45) is 17.8 Å². The smallest absolute Gasteiger partial charge is 0.326 e. The summed E-state index contributed by atoms with van der Waals surface area (Å²) < 4.78 is 4.90. The molecule has 1 aromatic carbocycles. The number of ether oxygens (including phenoxy) is 1. The average Bonchev–Trinajstić information content (AvgIpc) is 2.85. The minimum atomic E-state index is -0.548. The largest absolute Gasteiger partial charge is 0.465 e. The molecule has 0 saturated heterocycles. The molecule has 4 bridgehead atoms. The second kappa shape index (κ2) is 5.91. The number of hydrogen-bond acceptors (Lipinski definition) is 4. The highest BCUT2D eigenvalue weighted by Gasteiger charge is 2.52. The van der Waals surface area contributed by atoms with Crippen molar-refractivity contribution in [1.82, 2.24) is 4.90 Å². The molecular weight excluding hydrogens is 342 g/mol. The number of imide groups is 1. The highest BCUT2D eigenvalue weighted by atomic mass is 16.5. The first-order chi connectivity index (χ1) is 13.0. The fourth-order valence-corrected chi connectivity index (χ4v) is 6.56. The number of carbonyl (C=O) groups excluding carboxylic acids is 3. The summed E-state index contributed by atoms with van der Waals surface area (Å²) in [4.78, 5) is 38.2. The van der Waals surface area contributed by atoms with Gasteiger partial charge in [0.05, 0.1) is 17.7 Å². The van der Waals surface area contributed by atoms with Gasteiger partial charge >= 0.3 is 5.97 Å². The lowest BCUT2D eigenvalue weighted by molar-refractivity contribution is -0.143. The first-order valence-electron chi connectivity index (χ1n) is 10.2. The van der Waals surface area contributed by atoms with E-state index >= 15 is 0 Å². The predicted molar refractivity (Wildman–Crippen MR) is 98.3 cm³/mol. The van der Waals surface area contributed by atoms with E-state index in [1.54, 1.807) is 13.0 Å². The molecule has 27 heavy (non-hydrogen) atoms. The molecule has 5 aliphatic rings. The summed E-state index contributed by atoms with van der Waals surface area (Å²) in [5.41, 5.74) is 2.27. The van der Waals surface area contributed by atoms with Gasteiger partial charge in [-0.15, -0.1) is 0 Å². The van der Waals surface area contributed by atoms with Crippen LogP contribution in [0.2, 0.25) is 0 Å². The first-order valence-corrected chi connectivity index (χ1v) is 10.2. The molecule has 0 radical (unpaired) electrons. The van der Waals surface area contributed by atoms with Gasteiger partial charge < -0.3 is 4.74 Å². The molecule has 4 aliphatic carbocycles. The van der Waals surface area contributed by atoms with E-state index in [2.05, 4.69) is 6.07 Å². The Morgan fingerprint density at radius 2 is 1.63 bits per heavy atom. The lowest BCUT2D eigenvalue weighted by Gasteiger charge is -2.57. The molecule has 0 spiro atoms. The first kappa shape index (κ1) is 17.0. The number of hydrogen-bond donors (Lipinski definition) is 0. The summed E-state index contributed by atoms with van der Waals surface area (Å²) >= 11 is 0. The average molecular weight is 367 g/mol. The van der Waals surface area contributed by atoms with Crippen LogP contribution in [-0.4, -0.2) is 35.8 Å². The molecule has 0 atom stereocenters. The maximum Gasteiger partial charge on any atom is 0.326 e. The SMILES string of the molecule is CCOC(=O)CN1C(=O)c2ccc(C34CC5CC(CC(C5)C3)C4)cc2C1=O. The monoisotopic (exact) mass is 367 g/mol. The molecular formula is C22H25NO4. The Balaban J connectivity index is 1.45. The summed E-state index contributed by atoms with van der Waals surface area (Å²) in [5.74, 6) is 1.16. The molecule has 6 rings (SSSR count). The molecule has 5 nitrogen and oxygen atoms in total. The van der Waals surface area contributed by atoms with Crippen molar-refractivity contribution in [3.63, 3.8) is 0 Å². The van der Waals surface area contributed by atoms with Gasteiger partial charge in [-0.2, -0.15) is 0 Å². The molecule has 4 fully saturated rings. The van der Waals surface area contributed by atoms with Crippen LogP contribution < -0.4 is 0 Å². The standard InChI is InChI=1S/C22H25NO4/c1-2-27-19(24)12-23-20(25)17-4-3-16(8-18(17)21(23)26)22-9-13-5-14(10-22)7-15(6-13)11-22/h3-4,8,13-15H,2,5-7,9-12H2,1H3. The van der Waals surface area contributed by atoms with E-state index in [0.717, 1.165) is 22.7 Å². The molecule has 142 valence electrons. The van der Waals surface area contributed by atoms with Gasteiger partial charge in [0.2, 0.25) is 0 Å². The van der Waals surface area contributed by atoms with E-state index in [4.69, 9.17) is 4.74 Å². The molecule has 1 aromatic rings. The molecule has 0 N–H and O–H groups in total. The van der Waals surface area contributed by atoms with Gasteiger partial charge in [0.25, 0.3) is 11.8 Å². The number of nitrogens with zero attached hydrogens (tertiary/aromatic N) is 1. The maximum atomic E-state index is 12.8. The third-order valence-electron chi connectivity index (χ3n) is 7.21. The molecule has 1 aliphatic heterocycles. The molecule has 0 unspecified atom stereocenters. The number of carbonyl (C=O) groups is 3. The van der Waals surface area contributed by atoms with Crippen LogP contribution in [0, 0.1) is 17.8 Å². The van der Waals surface area contributed by atoms with Gasteiger partial charge in [-0.25, -0.2) is 0 Å². The lowest BCUT2D eigenvalue weighted by atomic mass is 9.48. The zero-order valence-corrected chi connectivity index (χ0v) is 15.7. The van der Waals surface area contributed by atoms with Crippen LogP contribution >= 0.6 is 0 Å². The van der Waals surface area contributed by atoms with E-state index < -0.39 is 5.97 Å². The van der Waals surface area contributed by atoms with Crippen LogP contribution in [0.1, 0.15) is 71.7 Å². The van der Waals surface area contributed by atoms with Crippen molar-refractivity contribution >= 4 is 17.8 Å². The molecule has 0 aromatic heterocycles. The second-order valence-corrected chi connectivity index (χ2v) is 8.96. The number of rotatable bonds is 4. The molecule has 5 heteroatoms. The molecule has 2 amide bonds. The summed E-state index contributed by atoms with van der Waals surface area (Å²) in [6.07, 6.45) is 7.75. The van der Waals surface area contributed by atoms with E-state index in [9.17, 15) is 14.4 Å². The van der Waals surface area contributed by atoms with Crippen molar-refractivity contribution in [2.75, 3.05) is 13.2 Å². The van der Waals surface area contributed by atoms with E-state index in [-0.39, 0.29) is 30.4 Å². The van der Waals surface area contributed by atoms with Crippen molar-refractivity contribution < 1.29 is 19.1 Å². The van der Waals surface area contributed by atoms with Crippen LogP contribution in [-0.2, 0) is 14.9 Å². The Bertz CT molecular complexity index is 807. The minimum absolute atomic E-state index is 0.182. The fraction of sp³-hybridized carbons (Fsp3) is 0.591. The Morgan fingerprint density at radius 1 is 1.04 bits per heavy atom. The zero-order chi connectivity index (χ0) is 18.8. The molecule has 1 heterocycles. The summed E-state index contributed by atoms with van der Waals surface area (Å²) in [5, 5.41) is 0. The highest BCUT2D eigenvalue weighted by Crippen LogP contribution is 2.60. The molecule has 4 saturated carbocycles. The third kappa shape index (κ3) is 2.54. The van der Waals surface area contributed by atoms with E-state index in [1.165, 1.54) is 44.1 Å². The summed E-state index contributed by atoms with van der Waals surface area (Å²) in [6.45, 7) is 1.63. The summed E-state index contributed by atoms with van der Waals surface area (Å²) in [7, 11) is 0. The number of benzene rings is 1. The van der Waals surface area contributed by atoms with Gasteiger partial charge in [-0.05, 0) is 86.3 Å². The lowest BCUT2D eigenvalue weighted by Crippen LogP contribution is -2.48. The van der Waals surface area contributed by atoms with Crippen molar-refractivity contribution in [3.05, 3.63) is 34.9 Å². The normalized spacial score (nSPS) is 33.5. The van der Waals surface area contributed by atoms with Gasteiger partial charge in [0.15, 0.2) is 0 Å². The van der Waals surface area contributed by atoms with Gasteiger partial charge in [0.1, 0.15) is 6.54 Å². The number of fused-ring (bicyclic) bond motifs is 1. The highest BCUT2D eigenvalue weighted by molar-refractivity contribution is 6.22. The van der Waals surface area contributed by atoms with Crippen LogP contribution in [0.5, 0.6) is 0 Å². The van der Waals surface area contributed by atoms with Crippen LogP contribution in [0.25, 0.3) is 0 Å². The Morgan fingerprint density at radius 3 is 2.22 bits per heavy atom. The third-order valence-corrected chi connectivity index (χ3v) is 7.21. The number of amides is 2. The second-order valence-electron chi connectivity index (χ2n) is 8.96. The van der Waals surface area contributed by atoms with Gasteiger partial charge in [0, 0.05) is 0 Å². The fourth-order valence-electron chi connectivity index (χ4n) is 6.56. The van der Waals surface area contributed by atoms with Crippen LogP contribution in [0.15, 0.2) is 18.2 Å². The predicted octanol–water partition coefficient (Wildman–Crippen LogP) is 3.31. The van der Waals surface area contributed by atoms with Gasteiger partial charge in [-0.1, -0.05) is 6.07 Å². The zero-order valence-electron chi connectivity index (χ0n) is 15.7. The van der Waals surface area contributed by atoms with Crippen molar-refractivity contribution in [1.29, 1.82) is 0 Å². The number of esters is 1. The van der Waals surface area contributed by atoms with Crippen molar-refractivity contribution in [2.45, 2.75) is 50.9 Å². The Labute approximate surface area is 159 Å². The Kier molecular flexibility index (Phi) is 3.72. The van der Waals surface area contributed by atoms with Gasteiger partial charge in [-0.3, -0.25) is 19.3 Å². The maximum absolute atomic E-state index is 12.8. The topological polar surface area (TPSA) is 63.7 Å². The van der Waals surface area contributed by atoms with Crippen LogP contribution in [0.4, 0.5) is 0 Å². The Hall–Kier alpha value is -2.17. The summed E-state index contributed by atoms with van der Waals surface area (Å²) in [6, 6.07) is 5.81. The minimum Gasteiger partial charge on any atom is -0.465 e.